The number of hydrogen-bond acceptors (Lipinski definition) is 7. The Kier molecular flexibility index (Phi) is 4.52. The maximum Gasteiger partial charge on any atom is 0.339 e. The smallest absolute Gasteiger partial charge is 0.339 e. The molecule has 4 unspecified atom stereocenters. The summed E-state index contributed by atoms with van der Waals surface area (Å²) in [7, 11) is 0. The van der Waals surface area contributed by atoms with Crippen LogP contribution >= 0.6 is 0 Å². The van der Waals surface area contributed by atoms with Crippen LogP contribution in [-0.4, -0.2) is 41.0 Å². The fourth-order valence-corrected chi connectivity index (χ4v) is 9.41. The number of hydrogen-bond donors (Lipinski definition) is 1. The Bertz CT molecular complexity index is 1110. The Morgan fingerprint density at radius 3 is 2.54 bits per heavy atom. The number of furan rings is 1. The molecule has 1 N–H and O–H groups in total. The Morgan fingerprint density at radius 1 is 1.14 bits per heavy atom. The molecule has 0 amide bonds. The van der Waals surface area contributed by atoms with Gasteiger partial charge < -0.3 is 23.7 Å². The summed E-state index contributed by atoms with van der Waals surface area (Å²) in [6.45, 7) is 12.3. The van der Waals surface area contributed by atoms with E-state index in [1.807, 2.05) is 12.1 Å². The molecule has 1 aromatic heterocycles. The first kappa shape index (κ1) is 23.3. The first-order valence-electron chi connectivity index (χ1n) is 12.8. The van der Waals surface area contributed by atoms with Gasteiger partial charge in [-0.25, -0.2) is 4.79 Å². The predicted octanol–water partition coefficient (Wildman–Crippen LogP) is 4.35. The number of carbonyl (C=O) groups is 2. The van der Waals surface area contributed by atoms with Crippen LogP contribution in [0.3, 0.4) is 0 Å². The number of cyclic esters (lactones) is 1. The van der Waals surface area contributed by atoms with Gasteiger partial charge in [0, 0.05) is 28.7 Å². The van der Waals surface area contributed by atoms with Crippen LogP contribution in [0.1, 0.15) is 72.5 Å². The highest BCUT2D eigenvalue weighted by molar-refractivity contribution is 5.82. The van der Waals surface area contributed by atoms with E-state index in [0.29, 0.717) is 6.42 Å². The van der Waals surface area contributed by atoms with Crippen molar-refractivity contribution in [3.63, 3.8) is 0 Å². The number of esters is 2. The molecule has 0 aromatic carbocycles. The minimum Gasteiger partial charge on any atom is -0.472 e. The summed E-state index contributed by atoms with van der Waals surface area (Å²) in [4.78, 5) is 25.4. The molecule has 1 aromatic rings. The molecule has 0 radical (unpaired) electrons. The van der Waals surface area contributed by atoms with Crippen molar-refractivity contribution in [1.82, 2.24) is 0 Å². The summed E-state index contributed by atoms with van der Waals surface area (Å²) in [5, 5.41) is 12.0. The van der Waals surface area contributed by atoms with Gasteiger partial charge >= 0.3 is 11.9 Å². The summed E-state index contributed by atoms with van der Waals surface area (Å²) >= 11 is 0. The minimum atomic E-state index is -0.875. The van der Waals surface area contributed by atoms with E-state index in [-0.39, 0.29) is 29.2 Å². The summed E-state index contributed by atoms with van der Waals surface area (Å²) in [6, 6.07) is 1.84. The normalized spacial score (nSPS) is 51.2. The van der Waals surface area contributed by atoms with Gasteiger partial charge in [0.25, 0.3) is 0 Å². The molecule has 190 valence electrons. The zero-order chi connectivity index (χ0) is 25.2. The summed E-state index contributed by atoms with van der Waals surface area (Å²) < 4.78 is 23.7. The quantitative estimate of drug-likeness (QED) is 0.378. The lowest BCUT2D eigenvalue weighted by Gasteiger charge is -2.69. The average molecular weight is 485 g/mol. The second kappa shape index (κ2) is 6.80. The Morgan fingerprint density at radius 2 is 1.89 bits per heavy atom. The maximum atomic E-state index is 13.2. The molecule has 10 atom stereocenters. The van der Waals surface area contributed by atoms with Crippen molar-refractivity contribution in [2.75, 3.05) is 0 Å². The lowest BCUT2D eigenvalue weighted by Crippen LogP contribution is -2.73. The molecule has 6 rings (SSSR count). The second-order valence-electron chi connectivity index (χ2n) is 12.8. The molecule has 2 saturated carbocycles. The molecule has 2 aliphatic heterocycles. The molecule has 3 heterocycles. The third-order valence-electron chi connectivity index (χ3n) is 11.0. The van der Waals surface area contributed by atoms with E-state index in [1.165, 1.54) is 6.92 Å². The summed E-state index contributed by atoms with van der Waals surface area (Å²) in [5.74, 6) is -0.634. The van der Waals surface area contributed by atoms with Crippen molar-refractivity contribution >= 4 is 11.9 Å². The van der Waals surface area contributed by atoms with E-state index in [9.17, 15) is 14.7 Å². The van der Waals surface area contributed by atoms with Crippen LogP contribution < -0.4 is 0 Å². The van der Waals surface area contributed by atoms with Gasteiger partial charge in [0.2, 0.25) is 0 Å². The lowest BCUT2D eigenvalue weighted by atomic mass is 9.35. The van der Waals surface area contributed by atoms with E-state index >= 15 is 0 Å². The Balaban J connectivity index is 1.52. The molecule has 3 aliphatic carbocycles. The van der Waals surface area contributed by atoms with Crippen LogP contribution in [0.4, 0.5) is 0 Å². The Labute approximate surface area is 206 Å². The van der Waals surface area contributed by atoms with Gasteiger partial charge in [-0.05, 0) is 48.7 Å². The molecule has 35 heavy (non-hydrogen) atoms. The number of rotatable bonds is 2. The van der Waals surface area contributed by atoms with Gasteiger partial charge in [-0.1, -0.05) is 40.7 Å². The predicted molar refractivity (Wildman–Crippen MR) is 125 cm³/mol. The summed E-state index contributed by atoms with van der Waals surface area (Å²) in [6.07, 6.45) is 7.16. The van der Waals surface area contributed by atoms with Crippen LogP contribution in [-0.2, 0) is 23.8 Å². The average Bonchev–Trinajstić information content (AvgIpc) is 3.35. The highest BCUT2D eigenvalue weighted by Gasteiger charge is 2.88. The summed E-state index contributed by atoms with van der Waals surface area (Å²) in [5.41, 5.74) is -1.96. The first-order valence-corrected chi connectivity index (χ1v) is 12.8. The van der Waals surface area contributed by atoms with Gasteiger partial charge in [-0.2, -0.15) is 0 Å². The SMILES string of the molecule is CC(=O)O[C@H]1C=CC(C)(C)C2C[C@@H](O)[C@]3(C)C(CC[C@@]4(C)[C@H](c5ccoc5)OC(=O)C5OC543)[C@]21C. The zero-order valence-electron chi connectivity index (χ0n) is 21.4. The number of aliphatic hydroxyl groups is 1. The fourth-order valence-electron chi connectivity index (χ4n) is 9.41. The number of aliphatic hydroxyl groups excluding tert-OH is 1. The highest BCUT2D eigenvalue weighted by atomic mass is 16.7. The third-order valence-corrected chi connectivity index (χ3v) is 11.0. The van der Waals surface area contributed by atoms with Crippen LogP contribution in [0.5, 0.6) is 0 Å². The molecule has 7 nitrogen and oxygen atoms in total. The zero-order valence-corrected chi connectivity index (χ0v) is 21.4. The molecular weight excluding hydrogens is 448 g/mol. The van der Waals surface area contributed by atoms with Crippen molar-refractivity contribution in [2.24, 2.45) is 33.5 Å². The van der Waals surface area contributed by atoms with Crippen molar-refractivity contribution in [3.05, 3.63) is 36.3 Å². The van der Waals surface area contributed by atoms with Gasteiger partial charge in [0.05, 0.1) is 18.6 Å². The van der Waals surface area contributed by atoms with Crippen LogP contribution in [0.2, 0.25) is 0 Å². The van der Waals surface area contributed by atoms with Gasteiger partial charge in [-0.15, -0.1) is 0 Å². The number of epoxide rings is 1. The van der Waals surface area contributed by atoms with E-state index in [4.69, 9.17) is 18.6 Å². The largest absolute Gasteiger partial charge is 0.472 e. The van der Waals surface area contributed by atoms with E-state index < -0.39 is 46.3 Å². The molecule has 1 spiro atoms. The molecule has 5 aliphatic rings. The molecule has 0 bridgehead atoms. The number of carbonyl (C=O) groups excluding carboxylic acids is 2. The highest BCUT2D eigenvalue weighted by Crippen LogP contribution is 2.79. The van der Waals surface area contributed by atoms with Gasteiger partial charge in [0.1, 0.15) is 17.8 Å². The second-order valence-corrected chi connectivity index (χ2v) is 12.8. The van der Waals surface area contributed by atoms with Crippen molar-refractivity contribution in [1.29, 1.82) is 0 Å². The van der Waals surface area contributed by atoms with Gasteiger partial charge in [-0.3, -0.25) is 4.79 Å². The van der Waals surface area contributed by atoms with Crippen LogP contribution in [0, 0.1) is 33.5 Å². The topological polar surface area (TPSA) is 98.5 Å². The fraction of sp³-hybridized carbons (Fsp3) is 0.714. The minimum absolute atomic E-state index is 0.0358. The van der Waals surface area contributed by atoms with E-state index in [0.717, 1.165) is 18.4 Å². The van der Waals surface area contributed by atoms with Crippen molar-refractivity contribution < 1.29 is 33.3 Å². The molecule has 7 heteroatoms. The monoisotopic (exact) mass is 484 g/mol. The van der Waals surface area contributed by atoms with Crippen LogP contribution in [0.15, 0.2) is 35.2 Å². The first-order chi connectivity index (χ1) is 16.3. The van der Waals surface area contributed by atoms with Crippen molar-refractivity contribution in [2.45, 2.75) is 90.8 Å². The molecular formula is C28H36O7. The number of fused-ring (bicyclic) bond motifs is 3. The molecule has 2 saturated heterocycles. The van der Waals surface area contributed by atoms with Gasteiger partial charge in [0.15, 0.2) is 6.10 Å². The van der Waals surface area contributed by atoms with Crippen molar-refractivity contribution in [3.8, 4) is 0 Å². The molecule has 4 fully saturated rings. The third kappa shape index (κ3) is 2.54. The van der Waals surface area contributed by atoms with E-state index in [2.05, 4.69) is 40.7 Å². The number of ether oxygens (including phenoxy) is 3. The standard InChI is InChI=1S/C28H36O7/c1-15(29)33-20-8-10-24(2,3)18-13-19(30)27(6)17(26(18,20)5)7-11-25(4)21(16-9-12-32-14-16)34-23(31)22-28(25,27)35-22/h8-10,12,14,17-22,30H,7,11,13H2,1-6H3/t17?,18?,19-,20+,21+,22?,25+,26-,27+,28?/m1/s1. The van der Waals surface area contributed by atoms with Crippen LogP contribution in [0.25, 0.3) is 0 Å². The maximum absolute atomic E-state index is 13.2. The van der Waals surface area contributed by atoms with E-state index in [1.54, 1.807) is 12.5 Å². The Hall–Kier alpha value is -2.12. The number of allylic oxidation sites excluding steroid dienone is 1. The lowest BCUT2D eigenvalue weighted by molar-refractivity contribution is -0.269.